The van der Waals surface area contributed by atoms with Crippen LogP contribution in [0.1, 0.15) is 17.5 Å². The first-order valence-electron chi connectivity index (χ1n) is 8.50. The van der Waals surface area contributed by atoms with Crippen molar-refractivity contribution in [3.05, 3.63) is 59.7 Å². The van der Waals surface area contributed by atoms with Crippen LogP contribution < -0.4 is 15.0 Å². The van der Waals surface area contributed by atoms with Crippen LogP contribution in [-0.2, 0) is 11.4 Å². The fraction of sp³-hybridized carbons (Fsp3) is 0.350. The van der Waals surface area contributed by atoms with Gasteiger partial charge in [0, 0.05) is 39.3 Å². The minimum Gasteiger partial charge on any atom is -0.497 e. The van der Waals surface area contributed by atoms with Crippen molar-refractivity contribution in [2.45, 2.75) is 19.1 Å². The normalized spacial score (nSPS) is 16.3. The summed E-state index contributed by atoms with van der Waals surface area (Å²) in [6.07, 6.45) is 0.904. The molecule has 5 nitrogen and oxygen atoms in total. The van der Waals surface area contributed by atoms with Crippen LogP contribution in [0.15, 0.2) is 53.7 Å². The molecule has 0 aromatic heterocycles. The Labute approximate surface area is 149 Å². The average Bonchev–Trinajstić information content (AvgIpc) is 3.11. The molecule has 0 saturated carbocycles. The number of hydrogen-bond acceptors (Lipinski definition) is 5. The number of rotatable bonds is 7. The van der Waals surface area contributed by atoms with E-state index in [1.807, 2.05) is 32.3 Å². The molecule has 0 amide bonds. The molecule has 0 bridgehead atoms. The van der Waals surface area contributed by atoms with E-state index in [2.05, 4.69) is 45.7 Å². The Morgan fingerprint density at radius 2 is 2.00 bits per heavy atom. The maximum atomic E-state index is 5.57. The minimum absolute atomic E-state index is 0.0779. The fourth-order valence-electron chi connectivity index (χ4n) is 2.82. The van der Waals surface area contributed by atoms with Crippen molar-refractivity contribution in [3.8, 4) is 5.75 Å². The summed E-state index contributed by atoms with van der Waals surface area (Å²) in [6, 6.07) is 16.5. The molecule has 0 spiro atoms. The standard InChI is InChI=1S/C20H25N3O2/c1-23(2)17-9-7-16(8-10-17)20-12-19(25-22-20)14-21-13-15-5-4-6-18(11-15)24-3/h4-11,19,21H,12-14H2,1-3H3. The van der Waals surface area contributed by atoms with Crippen LogP contribution in [0.5, 0.6) is 5.75 Å². The minimum atomic E-state index is 0.0779. The van der Waals surface area contributed by atoms with Gasteiger partial charge in [-0.2, -0.15) is 0 Å². The van der Waals surface area contributed by atoms with E-state index in [4.69, 9.17) is 9.57 Å². The van der Waals surface area contributed by atoms with Crippen molar-refractivity contribution in [3.63, 3.8) is 0 Å². The van der Waals surface area contributed by atoms with Crippen LogP contribution in [0.2, 0.25) is 0 Å². The van der Waals surface area contributed by atoms with Crippen LogP contribution in [0.4, 0.5) is 5.69 Å². The number of nitrogens with one attached hydrogen (secondary N) is 1. The van der Waals surface area contributed by atoms with E-state index in [1.54, 1.807) is 7.11 Å². The predicted molar refractivity (Wildman–Crippen MR) is 101 cm³/mol. The second-order valence-electron chi connectivity index (χ2n) is 6.39. The summed E-state index contributed by atoms with van der Waals surface area (Å²) >= 11 is 0. The quantitative estimate of drug-likeness (QED) is 0.842. The summed E-state index contributed by atoms with van der Waals surface area (Å²) in [5.41, 5.74) is 4.51. The maximum Gasteiger partial charge on any atom is 0.145 e. The molecule has 0 saturated heterocycles. The molecular formula is C20H25N3O2. The first kappa shape index (κ1) is 17.3. The molecule has 0 aliphatic carbocycles. The molecule has 1 heterocycles. The van der Waals surface area contributed by atoms with E-state index in [0.717, 1.165) is 36.5 Å². The van der Waals surface area contributed by atoms with Gasteiger partial charge in [-0.05, 0) is 35.4 Å². The van der Waals surface area contributed by atoms with Gasteiger partial charge in [-0.1, -0.05) is 29.4 Å². The van der Waals surface area contributed by atoms with Crippen LogP contribution in [0, 0.1) is 0 Å². The van der Waals surface area contributed by atoms with Gasteiger partial charge in [0.05, 0.1) is 12.8 Å². The van der Waals surface area contributed by atoms with Crippen molar-refractivity contribution in [2.24, 2.45) is 5.16 Å². The molecule has 1 aliphatic rings. The average molecular weight is 339 g/mol. The molecule has 0 radical (unpaired) electrons. The van der Waals surface area contributed by atoms with Crippen LogP contribution in [0.3, 0.4) is 0 Å². The number of nitrogens with zero attached hydrogens (tertiary/aromatic N) is 2. The fourth-order valence-corrected chi connectivity index (χ4v) is 2.82. The summed E-state index contributed by atoms with van der Waals surface area (Å²) in [7, 11) is 5.76. The smallest absolute Gasteiger partial charge is 0.145 e. The summed E-state index contributed by atoms with van der Waals surface area (Å²) in [4.78, 5) is 7.66. The number of hydrogen-bond donors (Lipinski definition) is 1. The van der Waals surface area contributed by atoms with Crippen LogP contribution in [-0.4, -0.2) is 39.6 Å². The van der Waals surface area contributed by atoms with Gasteiger partial charge in [0.15, 0.2) is 0 Å². The van der Waals surface area contributed by atoms with E-state index in [1.165, 1.54) is 11.3 Å². The molecule has 1 N–H and O–H groups in total. The molecule has 2 aromatic carbocycles. The summed E-state index contributed by atoms with van der Waals surface area (Å²) in [6.45, 7) is 1.55. The largest absolute Gasteiger partial charge is 0.497 e. The van der Waals surface area contributed by atoms with Gasteiger partial charge >= 0.3 is 0 Å². The molecular weight excluding hydrogens is 314 g/mol. The molecule has 5 heteroatoms. The number of methoxy groups -OCH3 is 1. The zero-order valence-electron chi connectivity index (χ0n) is 15.0. The van der Waals surface area contributed by atoms with E-state index < -0.39 is 0 Å². The van der Waals surface area contributed by atoms with E-state index in [9.17, 15) is 0 Å². The maximum absolute atomic E-state index is 5.57. The second-order valence-corrected chi connectivity index (χ2v) is 6.39. The molecule has 1 unspecified atom stereocenters. The lowest BCUT2D eigenvalue weighted by atomic mass is 10.0. The van der Waals surface area contributed by atoms with Gasteiger partial charge in [0.1, 0.15) is 11.9 Å². The predicted octanol–water partition coefficient (Wildman–Crippen LogP) is 3.04. The third kappa shape index (κ3) is 4.51. The highest BCUT2D eigenvalue weighted by atomic mass is 16.6. The van der Waals surface area contributed by atoms with Crippen molar-refractivity contribution >= 4 is 11.4 Å². The number of ether oxygens (including phenoxy) is 1. The van der Waals surface area contributed by atoms with Crippen molar-refractivity contribution in [1.82, 2.24) is 5.32 Å². The number of anilines is 1. The lowest BCUT2D eigenvalue weighted by molar-refractivity contribution is 0.0848. The third-order valence-electron chi connectivity index (χ3n) is 4.29. The van der Waals surface area contributed by atoms with Crippen molar-refractivity contribution < 1.29 is 9.57 Å². The second kappa shape index (κ2) is 8.03. The first-order chi connectivity index (χ1) is 12.2. The van der Waals surface area contributed by atoms with Crippen molar-refractivity contribution in [2.75, 3.05) is 32.6 Å². The summed E-state index contributed by atoms with van der Waals surface area (Å²) in [5, 5.41) is 7.69. The van der Waals surface area contributed by atoms with Gasteiger partial charge in [0.25, 0.3) is 0 Å². The van der Waals surface area contributed by atoms with Gasteiger partial charge in [-0.15, -0.1) is 0 Å². The molecule has 0 fully saturated rings. The zero-order chi connectivity index (χ0) is 17.6. The molecule has 2 aromatic rings. The van der Waals surface area contributed by atoms with Crippen LogP contribution >= 0.6 is 0 Å². The van der Waals surface area contributed by atoms with E-state index >= 15 is 0 Å². The topological polar surface area (TPSA) is 46.1 Å². The zero-order valence-corrected chi connectivity index (χ0v) is 15.0. The molecule has 1 atom stereocenters. The van der Waals surface area contributed by atoms with E-state index in [-0.39, 0.29) is 6.10 Å². The number of benzene rings is 2. The van der Waals surface area contributed by atoms with Crippen LogP contribution in [0.25, 0.3) is 0 Å². The van der Waals surface area contributed by atoms with Gasteiger partial charge in [-0.3, -0.25) is 0 Å². The Morgan fingerprint density at radius 1 is 1.20 bits per heavy atom. The Morgan fingerprint density at radius 3 is 2.72 bits per heavy atom. The van der Waals surface area contributed by atoms with Crippen molar-refractivity contribution in [1.29, 1.82) is 0 Å². The first-order valence-corrected chi connectivity index (χ1v) is 8.50. The Kier molecular flexibility index (Phi) is 5.56. The molecule has 25 heavy (non-hydrogen) atoms. The lowest BCUT2D eigenvalue weighted by Crippen LogP contribution is -2.26. The highest BCUT2D eigenvalue weighted by Gasteiger charge is 2.21. The summed E-state index contributed by atoms with van der Waals surface area (Å²) < 4.78 is 5.25. The Bertz CT molecular complexity index is 726. The third-order valence-corrected chi connectivity index (χ3v) is 4.29. The Hall–Kier alpha value is -2.53. The summed E-state index contributed by atoms with van der Waals surface area (Å²) in [5.74, 6) is 0.878. The SMILES string of the molecule is COc1cccc(CNCC2CC(c3ccc(N(C)C)cc3)=NO2)c1. The van der Waals surface area contributed by atoms with Gasteiger partial charge in [-0.25, -0.2) is 0 Å². The van der Waals surface area contributed by atoms with Gasteiger partial charge in [0.2, 0.25) is 0 Å². The monoisotopic (exact) mass is 339 g/mol. The highest BCUT2D eigenvalue weighted by Crippen LogP contribution is 2.19. The lowest BCUT2D eigenvalue weighted by Gasteiger charge is -2.12. The molecule has 132 valence electrons. The van der Waals surface area contributed by atoms with E-state index in [0.29, 0.717) is 0 Å². The number of oxime groups is 1. The molecule has 1 aliphatic heterocycles. The van der Waals surface area contributed by atoms with Gasteiger partial charge < -0.3 is 19.8 Å². The Balaban J connectivity index is 1.47. The highest BCUT2D eigenvalue weighted by molar-refractivity contribution is 6.01. The molecule has 3 rings (SSSR count).